The molecule has 2 rings (SSSR count). The maximum Gasteiger partial charge on any atom is 0.109 e. The molecule has 4 nitrogen and oxygen atoms in total. The Hall–Kier alpha value is -0.870. The molecule has 1 aromatic rings. The second-order valence-electron chi connectivity index (χ2n) is 5.59. The lowest BCUT2D eigenvalue weighted by Crippen LogP contribution is -2.49. The van der Waals surface area contributed by atoms with Crippen molar-refractivity contribution in [3.8, 4) is 0 Å². The summed E-state index contributed by atoms with van der Waals surface area (Å²) in [5, 5.41) is 0. The first-order valence-electron chi connectivity index (χ1n) is 6.58. The number of hydrazine groups is 1. The summed E-state index contributed by atoms with van der Waals surface area (Å²) in [6.07, 6.45) is 11.3. The zero-order valence-electron chi connectivity index (χ0n) is 10.9. The van der Waals surface area contributed by atoms with Gasteiger partial charge in [-0.2, -0.15) is 0 Å². The Morgan fingerprint density at radius 1 is 1.47 bits per heavy atom. The molecule has 0 bridgehead atoms. The van der Waals surface area contributed by atoms with E-state index in [1.807, 2.05) is 19.4 Å². The summed E-state index contributed by atoms with van der Waals surface area (Å²) in [5.74, 6) is 6.88. The number of nitrogens with two attached hydrogens (primary N) is 1. The average molecular weight is 236 g/mol. The van der Waals surface area contributed by atoms with Crippen LogP contribution in [-0.4, -0.2) is 15.6 Å². The van der Waals surface area contributed by atoms with Crippen molar-refractivity contribution in [1.29, 1.82) is 0 Å². The fourth-order valence-electron chi connectivity index (χ4n) is 2.99. The topological polar surface area (TPSA) is 55.9 Å². The minimum absolute atomic E-state index is 0.318. The lowest BCUT2D eigenvalue weighted by atomic mass is 9.70. The molecule has 96 valence electrons. The number of aromatic nitrogens is 2. The number of rotatable bonds is 4. The van der Waals surface area contributed by atoms with E-state index in [9.17, 15) is 0 Å². The number of aryl methyl sites for hydroxylation is 1. The van der Waals surface area contributed by atoms with Gasteiger partial charge in [-0.25, -0.2) is 4.98 Å². The molecule has 0 aromatic carbocycles. The quantitative estimate of drug-likeness (QED) is 0.619. The summed E-state index contributed by atoms with van der Waals surface area (Å²) in [6, 6.07) is 0.323. The van der Waals surface area contributed by atoms with E-state index in [0.29, 0.717) is 11.5 Å². The Labute approximate surface area is 104 Å². The van der Waals surface area contributed by atoms with Gasteiger partial charge in [-0.1, -0.05) is 26.2 Å². The van der Waals surface area contributed by atoms with Crippen LogP contribution >= 0.6 is 0 Å². The van der Waals surface area contributed by atoms with E-state index >= 15 is 0 Å². The van der Waals surface area contributed by atoms with Crippen LogP contribution in [0, 0.1) is 5.41 Å². The zero-order valence-corrected chi connectivity index (χ0v) is 10.9. The summed E-state index contributed by atoms with van der Waals surface area (Å²) in [6.45, 7) is 2.36. The van der Waals surface area contributed by atoms with E-state index in [1.54, 1.807) is 0 Å². The molecular formula is C13H24N4. The molecule has 1 atom stereocenters. The highest BCUT2D eigenvalue weighted by molar-refractivity contribution is 4.99. The van der Waals surface area contributed by atoms with Crippen LogP contribution in [0.15, 0.2) is 12.4 Å². The lowest BCUT2D eigenvalue weighted by Gasteiger charge is -2.40. The van der Waals surface area contributed by atoms with Crippen LogP contribution in [0.1, 0.15) is 44.9 Å². The molecule has 1 aliphatic carbocycles. The molecule has 0 aliphatic heterocycles. The monoisotopic (exact) mass is 236 g/mol. The van der Waals surface area contributed by atoms with Crippen LogP contribution in [-0.2, 0) is 13.5 Å². The molecule has 4 heteroatoms. The van der Waals surface area contributed by atoms with Crippen molar-refractivity contribution in [3.63, 3.8) is 0 Å². The number of imidazole rings is 1. The molecule has 1 fully saturated rings. The van der Waals surface area contributed by atoms with Crippen molar-refractivity contribution < 1.29 is 0 Å². The van der Waals surface area contributed by atoms with Crippen LogP contribution in [0.5, 0.6) is 0 Å². The first-order valence-corrected chi connectivity index (χ1v) is 6.58. The summed E-state index contributed by atoms with van der Waals surface area (Å²) < 4.78 is 2.08. The highest BCUT2D eigenvalue weighted by Crippen LogP contribution is 2.39. The van der Waals surface area contributed by atoms with Crippen LogP contribution in [0.2, 0.25) is 0 Å². The molecule has 0 spiro atoms. The molecule has 0 saturated heterocycles. The Morgan fingerprint density at radius 2 is 2.18 bits per heavy atom. The van der Waals surface area contributed by atoms with Crippen LogP contribution in [0.4, 0.5) is 0 Å². The van der Waals surface area contributed by atoms with Gasteiger partial charge >= 0.3 is 0 Å². The first kappa shape index (κ1) is 12.6. The SMILES string of the molecule is Cn1ccnc1CC(NN)C1(C)CCCCC1. The Kier molecular flexibility index (Phi) is 3.84. The Balaban J connectivity index is 2.08. The van der Waals surface area contributed by atoms with Crippen molar-refractivity contribution in [1.82, 2.24) is 15.0 Å². The molecule has 1 unspecified atom stereocenters. The van der Waals surface area contributed by atoms with E-state index < -0.39 is 0 Å². The third kappa shape index (κ3) is 2.69. The van der Waals surface area contributed by atoms with E-state index in [1.165, 1.54) is 32.1 Å². The first-order chi connectivity index (χ1) is 8.15. The average Bonchev–Trinajstić information content (AvgIpc) is 2.72. The molecule has 3 N–H and O–H groups in total. The summed E-state index contributed by atoms with van der Waals surface area (Å²) in [5.41, 5.74) is 3.34. The largest absolute Gasteiger partial charge is 0.338 e. The standard InChI is InChI=1S/C13H24N4/c1-13(6-4-3-5-7-13)11(16-14)10-12-15-8-9-17(12)2/h8-9,11,16H,3-7,10,14H2,1-2H3. The van der Waals surface area contributed by atoms with Gasteiger partial charge in [0, 0.05) is 31.9 Å². The summed E-state index contributed by atoms with van der Waals surface area (Å²) >= 11 is 0. The number of hydrogen-bond acceptors (Lipinski definition) is 3. The molecule has 1 aromatic heterocycles. The maximum atomic E-state index is 5.77. The highest BCUT2D eigenvalue weighted by atomic mass is 15.2. The van der Waals surface area contributed by atoms with Gasteiger partial charge in [0.25, 0.3) is 0 Å². The number of nitrogens with one attached hydrogen (secondary N) is 1. The van der Waals surface area contributed by atoms with Crippen molar-refractivity contribution in [2.45, 2.75) is 51.5 Å². The van der Waals surface area contributed by atoms with Gasteiger partial charge in [0.05, 0.1) is 0 Å². The maximum absolute atomic E-state index is 5.77. The number of nitrogens with zero attached hydrogens (tertiary/aromatic N) is 2. The minimum Gasteiger partial charge on any atom is -0.338 e. The van der Waals surface area contributed by atoms with E-state index in [0.717, 1.165) is 12.2 Å². The fraction of sp³-hybridized carbons (Fsp3) is 0.769. The van der Waals surface area contributed by atoms with Crippen molar-refractivity contribution in [2.75, 3.05) is 0 Å². The predicted molar refractivity (Wildman–Crippen MR) is 69.2 cm³/mol. The predicted octanol–water partition coefficient (Wildman–Crippen LogP) is 1.76. The van der Waals surface area contributed by atoms with Crippen molar-refractivity contribution >= 4 is 0 Å². The normalized spacial score (nSPS) is 21.4. The smallest absolute Gasteiger partial charge is 0.109 e. The molecule has 17 heavy (non-hydrogen) atoms. The molecular weight excluding hydrogens is 212 g/mol. The second-order valence-corrected chi connectivity index (χ2v) is 5.59. The fourth-order valence-corrected chi connectivity index (χ4v) is 2.99. The van der Waals surface area contributed by atoms with Crippen molar-refractivity contribution in [3.05, 3.63) is 18.2 Å². The van der Waals surface area contributed by atoms with Gasteiger partial charge < -0.3 is 4.57 Å². The van der Waals surface area contributed by atoms with Gasteiger partial charge in [0.1, 0.15) is 5.82 Å². The van der Waals surface area contributed by atoms with Crippen LogP contribution < -0.4 is 11.3 Å². The number of hydrogen-bond donors (Lipinski definition) is 2. The van der Waals surface area contributed by atoms with Gasteiger partial charge in [-0.15, -0.1) is 0 Å². The van der Waals surface area contributed by atoms with Gasteiger partial charge in [0.2, 0.25) is 0 Å². The zero-order chi connectivity index (χ0) is 12.3. The minimum atomic E-state index is 0.318. The van der Waals surface area contributed by atoms with Crippen LogP contribution in [0.3, 0.4) is 0 Å². The Morgan fingerprint density at radius 3 is 2.71 bits per heavy atom. The molecule has 1 heterocycles. The van der Waals surface area contributed by atoms with Crippen LogP contribution in [0.25, 0.3) is 0 Å². The van der Waals surface area contributed by atoms with E-state index in [2.05, 4.69) is 21.9 Å². The highest BCUT2D eigenvalue weighted by Gasteiger charge is 2.35. The lowest BCUT2D eigenvalue weighted by molar-refractivity contribution is 0.142. The molecule has 0 amide bonds. The third-order valence-corrected chi connectivity index (χ3v) is 4.35. The third-order valence-electron chi connectivity index (χ3n) is 4.35. The van der Waals surface area contributed by atoms with Gasteiger partial charge in [0.15, 0.2) is 0 Å². The van der Waals surface area contributed by atoms with Gasteiger partial charge in [-0.05, 0) is 18.3 Å². The second kappa shape index (κ2) is 5.19. The van der Waals surface area contributed by atoms with E-state index in [-0.39, 0.29) is 0 Å². The molecule has 0 radical (unpaired) electrons. The molecule has 1 aliphatic rings. The molecule has 1 saturated carbocycles. The van der Waals surface area contributed by atoms with Gasteiger partial charge in [-0.3, -0.25) is 11.3 Å². The van der Waals surface area contributed by atoms with Crippen molar-refractivity contribution in [2.24, 2.45) is 18.3 Å². The summed E-state index contributed by atoms with van der Waals surface area (Å²) in [7, 11) is 2.04. The van der Waals surface area contributed by atoms with E-state index in [4.69, 9.17) is 5.84 Å². The summed E-state index contributed by atoms with van der Waals surface area (Å²) in [4.78, 5) is 4.40. The Bertz CT molecular complexity index is 352.